The van der Waals surface area contributed by atoms with Crippen molar-refractivity contribution in [2.24, 2.45) is 0 Å². The lowest BCUT2D eigenvalue weighted by molar-refractivity contribution is 0.0651. The number of benzene rings is 2. The molecule has 4 nitrogen and oxygen atoms in total. The van der Waals surface area contributed by atoms with Gasteiger partial charge in [0, 0.05) is 18.7 Å². The molecule has 0 saturated carbocycles. The fraction of sp³-hybridized carbons (Fsp3) is 0.417. The molecule has 162 valence electrons. The minimum absolute atomic E-state index is 0. The summed E-state index contributed by atoms with van der Waals surface area (Å²) in [6.45, 7) is 2.08. The molecule has 0 bridgehead atoms. The van der Waals surface area contributed by atoms with Crippen LogP contribution in [0.15, 0.2) is 48.5 Å². The molecule has 2 amide bonds. The zero-order valence-electron chi connectivity index (χ0n) is 17.5. The molecule has 6 heteroatoms. The monoisotopic (exact) mass is 432 g/mol. The molecule has 1 aliphatic rings. The summed E-state index contributed by atoms with van der Waals surface area (Å²) in [7, 11) is 2.02. The minimum Gasteiger partial charge on any atom is -0.302 e. The smallest absolute Gasteiger partial charge is 0.261 e. The van der Waals surface area contributed by atoms with Crippen molar-refractivity contribution in [3.63, 3.8) is 0 Å². The molecule has 0 unspecified atom stereocenters. The van der Waals surface area contributed by atoms with Gasteiger partial charge in [0.05, 0.1) is 11.1 Å². The van der Waals surface area contributed by atoms with E-state index in [1.807, 2.05) is 19.2 Å². The van der Waals surface area contributed by atoms with Crippen molar-refractivity contribution in [3.8, 4) is 0 Å². The van der Waals surface area contributed by atoms with Crippen molar-refractivity contribution < 1.29 is 14.0 Å². The zero-order chi connectivity index (χ0) is 20.6. The second-order valence-corrected chi connectivity index (χ2v) is 7.76. The van der Waals surface area contributed by atoms with E-state index in [0.717, 1.165) is 50.6 Å². The zero-order valence-corrected chi connectivity index (χ0v) is 18.3. The van der Waals surface area contributed by atoms with E-state index in [1.165, 1.54) is 11.0 Å². The van der Waals surface area contributed by atoms with Gasteiger partial charge in [-0.3, -0.25) is 14.5 Å². The highest BCUT2D eigenvalue weighted by molar-refractivity contribution is 6.21. The molecular weight excluding hydrogens is 403 g/mol. The van der Waals surface area contributed by atoms with E-state index in [9.17, 15) is 14.0 Å². The van der Waals surface area contributed by atoms with E-state index in [-0.39, 0.29) is 30.0 Å². The highest BCUT2D eigenvalue weighted by atomic mass is 35.5. The van der Waals surface area contributed by atoms with E-state index in [4.69, 9.17) is 0 Å². The molecular formula is C24H30ClFN2O2. The van der Waals surface area contributed by atoms with Gasteiger partial charge in [0.1, 0.15) is 5.82 Å². The van der Waals surface area contributed by atoms with E-state index < -0.39 is 0 Å². The summed E-state index contributed by atoms with van der Waals surface area (Å²) in [6, 6.07) is 14.0. The van der Waals surface area contributed by atoms with Gasteiger partial charge in [-0.05, 0) is 44.6 Å². The second-order valence-electron chi connectivity index (χ2n) is 7.76. The van der Waals surface area contributed by atoms with Crippen molar-refractivity contribution >= 4 is 24.2 Å². The number of rotatable bonds is 11. The highest BCUT2D eigenvalue weighted by Gasteiger charge is 2.34. The van der Waals surface area contributed by atoms with Crippen molar-refractivity contribution in [2.75, 3.05) is 20.1 Å². The molecule has 0 aromatic heterocycles. The molecule has 2 aromatic carbocycles. The van der Waals surface area contributed by atoms with Crippen LogP contribution in [0.1, 0.15) is 64.8 Å². The lowest BCUT2D eigenvalue weighted by Crippen LogP contribution is -2.30. The Bertz CT molecular complexity index is 824. The van der Waals surface area contributed by atoms with Gasteiger partial charge in [-0.2, -0.15) is 0 Å². The van der Waals surface area contributed by atoms with E-state index in [0.29, 0.717) is 24.2 Å². The number of hydrogen-bond donors (Lipinski definition) is 0. The summed E-state index contributed by atoms with van der Waals surface area (Å²) >= 11 is 0. The minimum atomic E-state index is -0.163. The van der Waals surface area contributed by atoms with Crippen LogP contribution < -0.4 is 0 Å². The van der Waals surface area contributed by atoms with Crippen LogP contribution >= 0.6 is 12.4 Å². The number of halogens is 2. The number of carbonyl (C=O) groups is 2. The van der Waals surface area contributed by atoms with Crippen LogP contribution in [-0.4, -0.2) is 41.8 Å². The molecule has 0 aliphatic carbocycles. The summed E-state index contributed by atoms with van der Waals surface area (Å²) in [4.78, 5) is 28.1. The lowest BCUT2D eigenvalue weighted by Gasteiger charge is -2.17. The molecule has 0 atom stereocenters. The van der Waals surface area contributed by atoms with Gasteiger partial charge in [0.25, 0.3) is 11.8 Å². The van der Waals surface area contributed by atoms with Gasteiger partial charge < -0.3 is 4.90 Å². The SMILES string of the molecule is CN(CCCCCCCCN1C(=O)c2ccccc2C1=O)Cc1ccccc1F.Cl. The van der Waals surface area contributed by atoms with Gasteiger partial charge in [-0.25, -0.2) is 4.39 Å². The molecule has 2 aromatic rings. The van der Waals surface area contributed by atoms with E-state index in [2.05, 4.69) is 4.90 Å². The van der Waals surface area contributed by atoms with E-state index in [1.54, 1.807) is 30.3 Å². The van der Waals surface area contributed by atoms with Crippen LogP contribution in [0.25, 0.3) is 0 Å². The van der Waals surface area contributed by atoms with Crippen molar-refractivity contribution in [3.05, 3.63) is 71.0 Å². The number of hydrogen-bond acceptors (Lipinski definition) is 3. The molecule has 1 heterocycles. The molecule has 30 heavy (non-hydrogen) atoms. The first-order valence-corrected chi connectivity index (χ1v) is 10.4. The predicted octanol–water partition coefficient (Wildman–Crippen LogP) is 5.32. The normalized spacial score (nSPS) is 13.0. The summed E-state index contributed by atoms with van der Waals surface area (Å²) in [6.07, 6.45) is 6.31. The maximum atomic E-state index is 13.7. The third-order valence-electron chi connectivity index (χ3n) is 5.45. The summed E-state index contributed by atoms with van der Waals surface area (Å²) in [5.74, 6) is -0.468. The third kappa shape index (κ3) is 6.13. The standard InChI is InChI=1S/C24H29FN2O2.ClH/c1-26(18-19-12-6-9-15-22(19)25)16-10-4-2-3-5-11-17-27-23(28)20-13-7-8-14-21(20)24(27)29;/h6-9,12-15H,2-5,10-11,16-18H2,1H3;1H. The van der Waals surface area contributed by atoms with Crippen molar-refractivity contribution in [2.45, 2.75) is 45.1 Å². The van der Waals surface area contributed by atoms with Crippen molar-refractivity contribution in [1.82, 2.24) is 9.80 Å². The Labute approximate surface area is 184 Å². The maximum Gasteiger partial charge on any atom is 0.261 e. The number of fused-ring (bicyclic) bond motifs is 1. The quantitative estimate of drug-likeness (QED) is 0.356. The van der Waals surface area contributed by atoms with Crippen LogP contribution in [0.3, 0.4) is 0 Å². The van der Waals surface area contributed by atoms with Crippen LogP contribution in [-0.2, 0) is 6.54 Å². The lowest BCUT2D eigenvalue weighted by atomic mass is 10.1. The number of carbonyl (C=O) groups excluding carboxylic acids is 2. The average molecular weight is 433 g/mol. The first-order valence-electron chi connectivity index (χ1n) is 10.4. The molecule has 0 N–H and O–H groups in total. The van der Waals surface area contributed by atoms with Gasteiger partial charge in [0.2, 0.25) is 0 Å². The van der Waals surface area contributed by atoms with Crippen LogP contribution in [0.2, 0.25) is 0 Å². The molecule has 0 radical (unpaired) electrons. The van der Waals surface area contributed by atoms with Crippen LogP contribution in [0.4, 0.5) is 4.39 Å². The topological polar surface area (TPSA) is 40.6 Å². The van der Waals surface area contributed by atoms with E-state index >= 15 is 0 Å². The van der Waals surface area contributed by atoms with Gasteiger partial charge in [-0.1, -0.05) is 56.0 Å². The van der Waals surface area contributed by atoms with Gasteiger partial charge in [0.15, 0.2) is 0 Å². The van der Waals surface area contributed by atoms with Crippen molar-refractivity contribution in [1.29, 1.82) is 0 Å². The predicted molar refractivity (Wildman–Crippen MR) is 119 cm³/mol. The number of unbranched alkanes of at least 4 members (excludes halogenated alkanes) is 5. The third-order valence-corrected chi connectivity index (χ3v) is 5.45. The molecule has 0 saturated heterocycles. The number of amides is 2. The number of nitrogens with zero attached hydrogens (tertiary/aromatic N) is 2. The fourth-order valence-electron chi connectivity index (χ4n) is 3.80. The van der Waals surface area contributed by atoms with Crippen LogP contribution in [0.5, 0.6) is 0 Å². The summed E-state index contributed by atoms with van der Waals surface area (Å²) in [5.41, 5.74) is 1.79. The average Bonchev–Trinajstić information content (AvgIpc) is 2.96. The van der Waals surface area contributed by atoms with Gasteiger partial charge >= 0.3 is 0 Å². The fourth-order valence-corrected chi connectivity index (χ4v) is 3.80. The first kappa shape index (κ1) is 24.0. The first-order chi connectivity index (χ1) is 14.1. The second kappa shape index (κ2) is 11.8. The van der Waals surface area contributed by atoms with Gasteiger partial charge in [-0.15, -0.1) is 12.4 Å². The molecule has 0 spiro atoms. The Hall–Kier alpha value is -2.24. The molecule has 0 fully saturated rings. The Morgan fingerprint density at radius 2 is 1.33 bits per heavy atom. The Balaban J connectivity index is 0.00000320. The molecule has 3 rings (SSSR count). The molecule has 1 aliphatic heterocycles. The maximum absolute atomic E-state index is 13.7. The Morgan fingerprint density at radius 3 is 1.97 bits per heavy atom. The number of imide groups is 1. The Kier molecular flexibility index (Phi) is 9.47. The highest BCUT2D eigenvalue weighted by Crippen LogP contribution is 2.23. The largest absolute Gasteiger partial charge is 0.302 e. The summed E-state index contributed by atoms with van der Waals surface area (Å²) in [5, 5.41) is 0. The van der Waals surface area contributed by atoms with Crippen LogP contribution in [0, 0.1) is 5.82 Å². The Morgan fingerprint density at radius 1 is 0.800 bits per heavy atom. The summed E-state index contributed by atoms with van der Waals surface area (Å²) < 4.78 is 13.7.